The Bertz CT molecular complexity index is 1340. The van der Waals surface area contributed by atoms with Crippen molar-refractivity contribution in [3.63, 3.8) is 0 Å². The van der Waals surface area contributed by atoms with Gasteiger partial charge in [0.25, 0.3) is 0 Å². The van der Waals surface area contributed by atoms with Gasteiger partial charge in [0.1, 0.15) is 0 Å². The molecule has 5 aromatic rings. The molecular weight excluding hydrogens is 394 g/mol. The van der Waals surface area contributed by atoms with Gasteiger partial charge in [-0.2, -0.15) is 4.98 Å². The van der Waals surface area contributed by atoms with Crippen molar-refractivity contribution in [1.82, 2.24) is 9.97 Å². The standard InChI is InChI=1S/C28H23N3O/c32-28-29-26-14-8-7-13-25(26)27(30-28)23-15-17-24(18-16-23)31(19-21-9-3-1-4-10-21)20-22-11-5-2-6-12-22/h1-18H,19-20H2,(H,29,30,32). The van der Waals surface area contributed by atoms with Gasteiger partial charge in [-0.3, -0.25) is 0 Å². The molecule has 0 bridgehead atoms. The topological polar surface area (TPSA) is 49.0 Å². The molecule has 0 unspecified atom stereocenters. The summed E-state index contributed by atoms with van der Waals surface area (Å²) in [4.78, 5) is 21.5. The lowest BCUT2D eigenvalue weighted by Gasteiger charge is -2.25. The highest BCUT2D eigenvalue weighted by molar-refractivity contribution is 5.92. The molecule has 0 aliphatic rings. The van der Waals surface area contributed by atoms with E-state index in [1.807, 2.05) is 48.5 Å². The first-order chi connectivity index (χ1) is 15.8. The van der Waals surface area contributed by atoms with E-state index < -0.39 is 0 Å². The van der Waals surface area contributed by atoms with Crippen molar-refractivity contribution in [2.24, 2.45) is 0 Å². The molecule has 0 saturated carbocycles. The quantitative estimate of drug-likeness (QED) is 0.380. The summed E-state index contributed by atoms with van der Waals surface area (Å²) < 4.78 is 0. The normalized spacial score (nSPS) is 10.9. The molecule has 156 valence electrons. The van der Waals surface area contributed by atoms with Crippen molar-refractivity contribution in [2.75, 3.05) is 4.90 Å². The number of nitrogens with zero attached hydrogens (tertiary/aromatic N) is 2. The van der Waals surface area contributed by atoms with E-state index in [1.165, 1.54) is 11.1 Å². The number of rotatable bonds is 6. The number of hydrogen-bond donors (Lipinski definition) is 1. The van der Waals surface area contributed by atoms with Gasteiger partial charge in [0, 0.05) is 29.7 Å². The SMILES string of the molecule is O=c1nc(-c2ccc(N(Cc3ccccc3)Cc3ccccc3)cc2)c2ccccc2[nH]1. The first-order valence-electron chi connectivity index (χ1n) is 10.7. The Balaban J connectivity index is 1.50. The minimum Gasteiger partial charge on any atom is -0.363 e. The number of para-hydroxylation sites is 1. The number of hydrogen-bond acceptors (Lipinski definition) is 3. The molecule has 4 heteroatoms. The highest BCUT2D eigenvalue weighted by Crippen LogP contribution is 2.28. The van der Waals surface area contributed by atoms with Crippen LogP contribution in [-0.2, 0) is 13.1 Å². The van der Waals surface area contributed by atoms with E-state index in [-0.39, 0.29) is 5.69 Å². The predicted molar refractivity (Wildman–Crippen MR) is 131 cm³/mol. The van der Waals surface area contributed by atoms with Crippen molar-refractivity contribution < 1.29 is 0 Å². The zero-order valence-corrected chi connectivity index (χ0v) is 17.6. The van der Waals surface area contributed by atoms with Crippen molar-refractivity contribution in [3.8, 4) is 11.3 Å². The molecule has 0 fully saturated rings. The fraction of sp³-hybridized carbons (Fsp3) is 0.0714. The first-order valence-corrected chi connectivity index (χ1v) is 10.7. The molecule has 1 heterocycles. The smallest absolute Gasteiger partial charge is 0.345 e. The molecule has 0 atom stereocenters. The van der Waals surface area contributed by atoms with E-state index in [4.69, 9.17) is 0 Å². The number of H-pyrrole nitrogens is 1. The molecule has 4 aromatic carbocycles. The summed E-state index contributed by atoms with van der Waals surface area (Å²) in [6.45, 7) is 1.61. The Morgan fingerprint density at radius 3 is 1.84 bits per heavy atom. The maximum atomic E-state index is 12.1. The third-order valence-corrected chi connectivity index (χ3v) is 5.58. The number of aromatic amines is 1. The van der Waals surface area contributed by atoms with E-state index in [9.17, 15) is 4.79 Å². The highest BCUT2D eigenvalue weighted by Gasteiger charge is 2.11. The van der Waals surface area contributed by atoms with Crippen LogP contribution in [0.3, 0.4) is 0 Å². The Hall–Kier alpha value is -4.18. The maximum absolute atomic E-state index is 12.1. The zero-order chi connectivity index (χ0) is 21.8. The molecule has 0 aliphatic carbocycles. The lowest BCUT2D eigenvalue weighted by molar-refractivity contribution is 0.800. The third-order valence-electron chi connectivity index (χ3n) is 5.58. The van der Waals surface area contributed by atoms with Crippen LogP contribution in [0, 0.1) is 0 Å². The van der Waals surface area contributed by atoms with Crippen LogP contribution in [0.25, 0.3) is 22.2 Å². The molecular formula is C28H23N3O. The molecule has 32 heavy (non-hydrogen) atoms. The van der Waals surface area contributed by atoms with Crippen molar-refractivity contribution in [1.29, 1.82) is 0 Å². The van der Waals surface area contributed by atoms with Gasteiger partial charge in [0.2, 0.25) is 0 Å². The molecule has 0 spiro atoms. The van der Waals surface area contributed by atoms with Crippen molar-refractivity contribution in [3.05, 3.63) is 131 Å². The summed E-state index contributed by atoms with van der Waals surface area (Å²) >= 11 is 0. The fourth-order valence-corrected chi connectivity index (χ4v) is 4.00. The van der Waals surface area contributed by atoms with E-state index in [0.717, 1.165) is 35.2 Å². The van der Waals surface area contributed by atoms with Crippen LogP contribution in [0.15, 0.2) is 114 Å². The predicted octanol–water partition coefficient (Wildman–Crippen LogP) is 5.80. The van der Waals surface area contributed by atoms with Gasteiger partial charge in [-0.1, -0.05) is 91.0 Å². The van der Waals surface area contributed by atoms with E-state index in [1.54, 1.807) is 0 Å². The molecule has 0 saturated heterocycles. The lowest BCUT2D eigenvalue weighted by Crippen LogP contribution is -2.22. The van der Waals surface area contributed by atoms with Gasteiger partial charge in [-0.15, -0.1) is 0 Å². The molecule has 4 nitrogen and oxygen atoms in total. The largest absolute Gasteiger partial charge is 0.363 e. The van der Waals surface area contributed by atoms with Crippen LogP contribution in [0.5, 0.6) is 0 Å². The monoisotopic (exact) mass is 417 g/mol. The number of nitrogens with one attached hydrogen (secondary N) is 1. The number of aromatic nitrogens is 2. The zero-order valence-electron chi connectivity index (χ0n) is 17.6. The Labute approximate surface area is 186 Å². The Kier molecular flexibility index (Phi) is 5.50. The maximum Gasteiger partial charge on any atom is 0.345 e. The second-order valence-electron chi connectivity index (χ2n) is 7.81. The minimum absolute atomic E-state index is 0.336. The Morgan fingerprint density at radius 2 is 1.22 bits per heavy atom. The average Bonchev–Trinajstić information content (AvgIpc) is 2.84. The molecule has 1 aromatic heterocycles. The van der Waals surface area contributed by atoms with E-state index >= 15 is 0 Å². The summed E-state index contributed by atoms with van der Waals surface area (Å²) in [5, 5.41) is 0.935. The molecule has 0 amide bonds. The summed E-state index contributed by atoms with van der Waals surface area (Å²) in [5.41, 5.74) is 5.73. The van der Waals surface area contributed by atoms with E-state index in [0.29, 0.717) is 5.69 Å². The third kappa shape index (κ3) is 4.30. The van der Waals surface area contributed by atoms with Gasteiger partial charge in [-0.25, -0.2) is 4.79 Å². The molecule has 5 rings (SSSR count). The van der Waals surface area contributed by atoms with Gasteiger partial charge in [0.05, 0.1) is 11.2 Å². The summed E-state index contributed by atoms with van der Waals surface area (Å²) in [6, 6.07) is 37.1. The lowest BCUT2D eigenvalue weighted by atomic mass is 10.1. The van der Waals surface area contributed by atoms with Gasteiger partial charge in [0.15, 0.2) is 0 Å². The van der Waals surface area contributed by atoms with Crippen LogP contribution in [-0.4, -0.2) is 9.97 Å². The van der Waals surface area contributed by atoms with Gasteiger partial charge in [-0.05, 0) is 29.3 Å². The van der Waals surface area contributed by atoms with E-state index in [2.05, 4.69) is 75.5 Å². The number of anilines is 1. The van der Waals surface area contributed by atoms with Crippen LogP contribution >= 0.6 is 0 Å². The van der Waals surface area contributed by atoms with Crippen LogP contribution < -0.4 is 10.6 Å². The second kappa shape index (κ2) is 8.90. The summed E-state index contributed by atoms with van der Waals surface area (Å²) in [7, 11) is 0. The van der Waals surface area contributed by atoms with Crippen molar-refractivity contribution in [2.45, 2.75) is 13.1 Å². The second-order valence-corrected chi connectivity index (χ2v) is 7.81. The van der Waals surface area contributed by atoms with Crippen molar-refractivity contribution >= 4 is 16.6 Å². The summed E-state index contributed by atoms with van der Waals surface area (Å²) in [6.07, 6.45) is 0. The number of benzene rings is 4. The molecule has 0 radical (unpaired) electrons. The fourth-order valence-electron chi connectivity index (χ4n) is 4.00. The summed E-state index contributed by atoms with van der Waals surface area (Å²) in [5.74, 6) is 0. The highest BCUT2D eigenvalue weighted by atomic mass is 16.1. The molecule has 0 aliphatic heterocycles. The Morgan fingerprint density at radius 1 is 0.656 bits per heavy atom. The van der Waals surface area contributed by atoms with Crippen LogP contribution in [0.1, 0.15) is 11.1 Å². The minimum atomic E-state index is -0.336. The van der Waals surface area contributed by atoms with Crippen LogP contribution in [0.2, 0.25) is 0 Å². The average molecular weight is 418 g/mol. The van der Waals surface area contributed by atoms with Crippen LogP contribution in [0.4, 0.5) is 5.69 Å². The first kappa shape index (κ1) is 19.8. The van der Waals surface area contributed by atoms with Gasteiger partial charge >= 0.3 is 5.69 Å². The van der Waals surface area contributed by atoms with Gasteiger partial charge < -0.3 is 9.88 Å². The number of fused-ring (bicyclic) bond motifs is 1. The molecule has 1 N–H and O–H groups in total.